The standard InChI is InChI=1S/C9H13F2N3O/c10-9(11)15-8-1-6(2-12-5-8)7-3-13-14-4-7/h3-4,6,8-9,12H,1-2,5H2,(H,13,14). The van der Waals surface area contributed by atoms with E-state index in [-0.39, 0.29) is 5.92 Å². The van der Waals surface area contributed by atoms with Crippen molar-refractivity contribution in [1.29, 1.82) is 0 Å². The van der Waals surface area contributed by atoms with Crippen LogP contribution in [-0.4, -0.2) is 36.0 Å². The monoisotopic (exact) mass is 217 g/mol. The minimum atomic E-state index is -2.69. The average Bonchev–Trinajstić information content (AvgIpc) is 2.69. The summed E-state index contributed by atoms with van der Waals surface area (Å²) in [5.74, 6) is 0.196. The first kappa shape index (κ1) is 10.5. The van der Waals surface area contributed by atoms with Gasteiger partial charge in [0.1, 0.15) is 0 Å². The fourth-order valence-electron chi connectivity index (χ4n) is 1.89. The molecule has 2 heterocycles. The van der Waals surface area contributed by atoms with Gasteiger partial charge in [0.25, 0.3) is 0 Å². The quantitative estimate of drug-likeness (QED) is 0.797. The maximum Gasteiger partial charge on any atom is 0.345 e. The summed E-state index contributed by atoms with van der Waals surface area (Å²) >= 11 is 0. The maximum atomic E-state index is 12.0. The van der Waals surface area contributed by atoms with E-state index in [1.54, 1.807) is 12.4 Å². The second kappa shape index (κ2) is 4.67. The first-order chi connectivity index (χ1) is 7.25. The van der Waals surface area contributed by atoms with Crippen LogP contribution < -0.4 is 5.32 Å². The molecule has 1 aromatic rings. The van der Waals surface area contributed by atoms with E-state index in [4.69, 9.17) is 0 Å². The molecule has 1 aromatic heterocycles. The highest BCUT2D eigenvalue weighted by Crippen LogP contribution is 2.24. The second-order valence-corrected chi connectivity index (χ2v) is 3.64. The van der Waals surface area contributed by atoms with Gasteiger partial charge in [-0.2, -0.15) is 13.9 Å². The number of piperidine rings is 1. The number of nitrogens with one attached hydrogen (secondary N) is 2. The van der Waals surface area contributed by atoms with Gasteiger partial charge in [0.05, 0.1) is 12.3 Å². The zero-order valence-corrected chi connectivity index (χ0v) is 8.12. The van der Waals surface area contributed by atoms with Gasteiger partial charge in [-0.3, -0.25) is 5.10 Å². The Morgan fingerprint density at radius 2 is 2.33 bits per heavy atom. The lowest BCUT2D eigenvalue weighted by atomic mass is 9.92. The molecule has 0 bridgehead atoms. The molecule has 0 radical (unpaired) electrons. The number of H-pyrrole nitrogens is 1. The van der Waals surface area contributed by atoms with Crippen molar-refractivity contribution in [3.63, 3.8) is 0 Å². The number of nitrogens with zero attached hydrogens (tertiary/aromatic N) is 1. The molecule has 0 aromatic carbocycles. The highest BCUT2D eigenvalue weighted by atomic mass is 19.3. The predicted octanol–water partition coefficient (Wildman–Crippen LogP) is 1.09. The van der Waals surface area contributed by atoms with Crippen LogP contribution in [0, 0.1) is 0 Å². The molecule has 1 aliphatic heterocycles. The Hall–Kier alpha value is -1.01. The van der Waals surface area contributed by atoms with Crippen molar-refractivity contribution < 1.29 is 13.5 Å². The Labute approximate surface area is 86.0 Å². The molecule has 2 N–H and O–H groups in total. The van der Waals surface area contributed by atoms with Gasteiger partial charge in [-0.15, -0.1) is 0 Å². The summed E-state index contributed by atoms with van der Waals surface area (Å²) < 4.78 is 28.5. The lowest BCUT2D eigenvalue weighted by molar-refractivity contribution is -0.167. The lowest BCUT2D eigenvalue weighted by Gasteiger charge is -2.29. The van der Waals surface area contributed by atoms with E-state index >= 15 is 0 Å². The third kappa shape index (κ3) is 2.73. The van der Waals surface area contributed by atoms with Crippen LogP contribution >= 0.6 is 0 Å². The summed E-state index contributed by atoms with van der Waals surface area (Å²) in [6.45, 7) is -1.43. The van der Waals surface area contributed by atoms with Crippen molar-refractivity contribution in [2.45, 2.75) is 25.1 Å². The van der Waals surface area contributed by atoms with Crippen LogP contribution in [0.15, 0.2) is 12.4 Å². The molecule has 0 amide bonds. The molecule has 1 saturated heterocycles. The van der Waals surface area contributed by atoms with Crippen LogP contribution in [0.2, 0.25) is 0 Å². The molecule has 0 spiro atoms. The summed E-state index contributed by atoms with van der Waals surface area (Å²) in [5, 5.41) is 9.64. The first-order valence-electron chi connectivity index (χ1n) is 4.88. The Morgan fingerprint density at radius 1 is 1.47 bits per heavy atom. The molecule has 4 nitrogen and oxygen atoms in total. The normalized spacial score (nSPS) is 27.1. The smallest absolute Gasteiger partial charge is 0.318 e. The van der Waals surface area contributed by atoms with Crippen LogP contribution in [0.4, 0.5) is 8.78 Å². The van der Waals surface area contributed by atoms with Gasteiger partial charge >= 0.3 is 6.61 Å². The molecule has 15 heavy (non-hydrogen) atoms. The highest BCUT2D eigenvalue weighted by Gasteiger charge is 2.26. The topological polar surface area (TPSA) is 49.9 Å². The van der Waals surface area contributed by atoms with Gasteiger partial charge in [-0.25, -0.2) is 0 Å². The molecule has 84 valence electrons. The van der Waals surface area contributed by atoms with E-state index in [0.29, 0.717) is 13.0 Å². The minimum Gasteiger partial charge on any atom is -0.318 e. The number of hydrogen-bond donors (Lipinski definition) is 2. The largest absolute Gasteiger partial charge is 0.345 e. The van der Waals surface area contributed by atoms with Gasteiger partial charge in [-0.05, 0) is 12.0 Å². The van der Waals surface area contributed by atoms with E-state index in [2.05, 4.69) is 20.3 Å². The number of rotatable bonds is 3. The molecular formula is C9H13F2N3O. The molecule has 1 aliphatic rings. The number of alkyl halides is 2. The summed E-state index contributed by atoms with van der Waals surface area (Å²) in [4.78, 5) is 0. The molecule has 0 saturated carbocycles. The zero-order chi connectivity index (χ0) is 10.7. The van der Waals surface area contributed by atoms with Gasteiger partial charge in [-0.1, -0.05) is 0 Å². The first-order valence-corrected chi connectivity index (χ1v) is 4.88. The van der Waals surface area contributed by atoms with Crippen LogP contribution in [0.5, 0.6) is 0 Å². The molecular weight excluding hydrogens is 204 g/mol. The van der Waals surface area contributed by atoms with Crippen molar-refractivity contribution in [2.75, 3.05) is 13.1 Å². The van der Waals surface area contributed by atoms with Crippen LogP contribution in [0.1, 0.15) is 17.9 Å². The van der Waals surface area contributed by atoms with Crippen molar-refractivity contribution in [3.8, 4) is 0 Å². The highest BCUT2D eigenvalue weighted by molar-refractivity contribution is 5.12. The molecule has 2 rings (SSSR count). The Morgan fingerprint density at radius 3 is 3.00 bits per heavy atom. The molecule has 0 aliphatic carbocycles. The van der Waals surface area contributed by atoms with Crippen LogP contribution in [-0.2, 0) is 4.74 Å². The van der Waals surface area contributed by atoms with Gasteiger partial charge in [0.15, 0.2) is 0 Å². The van der Waals surface area contributed by atoms with Crippen molar-refractivity contribution >= 4 is 0 Å². The van der Waals surface area contributed by atoms with Crippen molar-refractivity contribution in [1.82, 2.24) is 15.5 Å². The lowest BCUT2D eigenvalue weighted by Crippen LogP contribution is -2.40. The zero-order valence-electron chi connectivity index (χ0n) is 8.12. The number of halogens is 2. The number of aromatic nitrogens is 2. The summed E-state index contributed by atoms with van der Waals surface area (Å²) in [5.41, 5.74) is 1.03. The number of aromatic amines is 1. The van der Waals surface area contributed by atoms with Crippen LogP contribution in [0.25, 0.3) is 0 Å². The van der Waals surface area contributed by atoms with E-state index in [0.717, 1.165) is 12.1 Å². The van der Waals surface area contributed by atoms with Gasteiger partial charge in [0.2, 0.25) is 0 Å². The minimum absolute atomic E-state index is 0.196. The molecule has 6 heteroatoms. The third-order valence-electron chi connectivity index (χ3n) is 2.60. The second-order valence-electron chi connectivity index (χ2n) is 3.64. The maximum absolute atomic E-state index is 12.0. The summed E-state index contributed by atoms with van der Waals surface area (Å²) in [6.07, 6.45) is 3.70. The van der Waals surface area contributed by atoms with Crippen molar-refractivity contribution in [2.24, 2.45) is 0 Å². The van der Waals surface area contributed by atoms with Gasteiger partial charge < -0.3 is 10.1 Å². The van der Waals surface area contributed by atoms with E-state index in [9.17, 15) is 8.78 Å². The average molecular weight is 217 g/mol. The van der Waals surface area contributed by atoms with Crippen molar-refractivity contribution in [3.05, 3.63) is 18.0 Å². The Bertz CT molecular complexity index is 292. The Balaban J connectivity index is 1.92. The predicted molar refractivity (Wildman–Crippen MR) is 49.7 cm³/mol. The fourth-order valence-corrected chi connectivity index (χ4v) is 1.89. The summed E-state index contributed by atoms with van der Waals surface area (Å²) in [7, 11) is 0. The summed E-state index contributed by atoms with van der Waals surface area (Å²) in [6, 6.07) is 0. The van der Waals surface area contributed by atoms with E-state index in [1.165, 1.54) is 0 Å². The molecule has 2 atom stereocenters. The SMILES string of the molecule is FC(F)OC1CNCC(c2cn[nH]c2)C1. The van der Waals surface area contributed by atoms with E-state index < -0.39 is 12.7 Å². The number of hydrogen-bond acceptors (Lipinski definition) is 3. The van der Waals surface area contributed by atoms with E-state index in [1.807, 2.05) is 0 Å². The fraction of sp³-hybridized carbons (Fsp3) is 0.667. The molecule has 1 fully saturated rings. The third-order valence-corrected chi connectivity index (χ3v) is 2.60. The van der Waals surface area contributed by atoms with Gasteiger partial charge in [0, 0.05) is 25.2 Å². The van der Waals surface area contributed by atoms with Crippen LogP contribution in [0.3, 0.4) is 0 Å². The molecule has 2 unspecified atom stereocenters. The number of ether oxygens (including phenoxy) is 1. The Kier molecular flexibility index (Phi) is 3.27.